The number of carbonyl (C=O) groups excluding carboxylic acids is 5. The predicted molar refractivity (Wildman–Crippen MR) is 214 cm³/mol. The smallest absolute Gasteiger partial charge is 0.333 e. The van der Waals surface area contributed by atoms with Gasteiger partial charge < -0.3 is 18.8 Å². The number of benzene rings is 3. The second-order valence-corrected chi connectivity index (χ2v) is 16.6. The number of hydrogen-bond acceptors (Lipinski definition) is 9. The highest BCUT2D eigenvalue weighted by molar-refractivity contribution is 8.01. The zero-order valence-corrected chi connectivity index (χ0v) is 34.2. The SMILES string of the molecule is C=C(C)C(=O)OCC(CC)(COC(=O)C(=C)C)COC(=O)C(=C)C.Cc1cc(C)c(C(=O)P(=O)(C(=O)c2c(C)cc(C)cc2C)c2ccccc2)c(C)c1. The van der Waals surface area contributed by atoms with E-state index in [4.69, 9.17) is 14.2 Å². The van der Waals surface area contributed by atoms with Crippen molar-refractivity contribution in [2.24, 2.45) is 5.41 Å². The Morgan fingerprint density at radius 2 is 0.870 bits per heavy atom. The molecule has 54 heavy (non-hydrogen) atoms. The summed E-state index contributed by atoms with van der Waals surface area (Å²) >= 11 is 0. The Morgan fingerprint density at radius 3 is 1.13 bits per heavy atom. The van der Waals surface area contributed by atoms with Crippen LogP contribution in [-0.2, 0) is 33.2 Å². The van der Waals surface area contributed by atoms with Crippen molar-refractivity contribution in [2.75, 3.05) is 19.8 Å². The van der Waals surface area contributed by atoms with Crippen molar-refractivity contribution in [2.45, 2.75) is 75.7 Å². The average Bonchev–Trinajstić information content (AvgIpc) is 3.10. The van der Waals surface area contributed by atoms with Gasteiger partial charge in [0.1, 0.15) is 19.8 Å². The number of carbonyl (C=O) groups is 5. The summed E-state index contributed by atoms with van der Waals surface area (Å²) in [6, 6.07) is 16.0. The Bertz CT molecular complexity index is 1830. The van der Waals surface area contributed by atoms with Crippen LogP contribution in [0.15, 0.2) is 91.1 Å². The van der Waals surface area contributed by atoms with Crippen molar-refractivity contribution in [3.63, 3.8) is 0 Å². The Hall–Kier alpha value is -5.14. The lowest BCUT2D eigenvalue weighted by atomic mass is 9.88. The average molecular weight is 757 g/mol. The first-order chi connectivity index (χ1) is 25.1. The van der Waals surface area contributed by atoms with Crippen molar-refractivity contribution in [1.82, 2.24) is 0 Å². The van der Waals surface area contributed by atoms with Crippen LogP contribution in [0.4, 0.5) is 0 Å². The second-order valence-electron chi connectivity index (χ2n) is 14.0. The molecule has 0 saturated heterocycles. The third-order valence-electron chi connectivity index (χ3n) is 8.80. The lowest BCUT2D eigenvalue weighted by molar-refractivity contribution is -0.157. The van der Waals surface area contributed by atoms with Crippen molar-refractivity contribution < 1.29 is 42.7 Å². The molecule has 3 aromatic rings. The van der Waals surface area contributed by atoms with Gasteiger partial charge in [0.15, 0.2) is 0 Å². The highest BCUT2D eigenvalue weighted by atomic mass is 31.2. The van der Waals surface area contributed by atoms with Gasteiger partial charge in [-0.05, 0) is 91.0 Å². The van der Waals surface area contributed by atoms with E-state index in [2.05, 4.69) is 19.7 Å². The van der Waals surface area contributed by atoms with E-state index in [0.717, 1.165) is 33.4 Å². The standard InChI is InChI=1S/C26H27O3P.C18H26O6/c1-16-12-18(3)23(19(4)13-16)25(27)30(29,22-10-8-7-9-11-22)26(28)24-20(5)14-17(2)15-21(24)6;1-8-18(9-22-15(19)12(2)3,10-23-16(20)13(4)5)11-24-17(21)14(6)7/h7-15H,1-6H3;2,4,6,8-11H2,1,3,5,7H3. The normalized spacial score (nSPS) is 11.0. The number of esters is 3. The maximum atomic E-state index is 14.5. The maximum absolute atomic E-state index is 14.5. The Labute approximate surface area is 319 Å². The van der Waals surface area contributed by atoms with Crippen LogP contribution in [0.25, 0.3) is 0 Å². The van der Waals surface area contributed by atoms with E-state index in [-0.39, 0.29) is 41.8 Å². The molecular formula is C44H53O9P. The van der Waals surface area contributed by atoms with Crippen molar-refractivity contribution in [1.29, 1.82) is 0 Å². The highest BCUT2D eigenvalue weighted by Gasteiger charge is 2.44. The first-order valence-electron chi connectivity index (χ1n) is 17.5. The van der Waals surface area contributed by atoms with E-state index in [1.54, 1.807) is 30.3 Å². The molecule has 0 aromatic heterocycles. The molecule has 3 aromatic carbocycles. The summed E-state index contributed by atoms with van der Waals surface area (Å²) in [6.07, 6.45) is 0.448. The van der Waals surface area contributed by atoms with Gasteiger partial charge in [0.05, 0.1) is 5.41 Å². The van der Waals surface area contributed by atoms with Gasteiger partial charge in [-0.1, -0.05) is 92.4 Å². The van der Waals surface area contributed by atoms with Crippen molar-refractivity contribution in [3.05, 3.63) is 136 Å². The van der Waals surface area contributed by atoms with Gasteiger partial charge in [-0.15, -0.1) is 0 Å². The van der Waals surface area contributed by atoms with Crippen molar-refractivity contribution >= 4 is 41.4 Å². The summed E-state index contributed by atoms with van der Waals surface area (Å²) in [5.41, 5.74) is 4.44. The quantitative estimate of drug-likeness (QED) is 0.0646. The first-order valence-corrected chi connectivity index (χ1v) is 19.2. The summed E-state index contributed by atoms with van der Waals surface area (Å²) in [5, 5.41) is 0.277. The topological polar surface area (TPSA) is 130 Å². The van der Waals surface area contributed by atoms with Gasteiger partial charge in [-0.3, -0.25) is 9.59 Å². The third kappa shape index (κ3) is 11.2. The minimum absolute atomic E-state index is 0.0812. The molecule has 0 heterocycles. The molecule has 0 amide bonds. The zero-order chi connectivity index (χ0) is 41.1. The molecule has 0 aliphatic rings. The fraction of sp³-hybridized carbons (Fsp3) is 0.341. The zero-order valence-electron chi connectivity index (χ0n) is 33.3. The van der Waals surface area contributed by atoms with Crippen LogP contribution < -0.4 is 5.30 Å². The van der Waals surface area contributed by atoms with E-state index in [1.165, 1.54) is 20.8 Å². The van der Waals surface area contributed by atoms with Crippen LogP contribution in [0.3, 0.4) is 0 Å². The van der Waals surface area contributed by atoms with Gasteiger partial charge in [0.25, 0.3) is 0 Å². The van der Waals surface area contributed by atoms with Gasteiger partial charge in [-0.25, -0.2) is 14.4 Å². The van der Waals surface area contributed by atoms with E-state index in [0.29, 0.717) is 17.5 Å². The molecule has 0 saturated carbocycles. The summed E-state index contributed by atoms with van der Waals surface area (Å²) < 4.78 is 30.0. The molecule has 0 fully saturated rings. The van der Waals surface area contributed by atoms with E-state index < -0.39 is 41.5 Å². The van der Waals surface area contributed by atoms with Crippen LogP contribution in [0, 0.1) is 47.0 Å². The minimum atomic E-state index is -4.11. The lowest BCUT2D eigenvalue weighted by Crippen LogP contribution is -2.39. The van der Waals surface area contributed by atoms with Gasteiger partial charge in [-0.2, -0.15) is 0 Å². The number of hydrogen-bond donors (Lipinski definition) is 0. The highest BCUT2D eigenvalue weighted by Crippen LogP contribution is 2.52. The fourth-order valence-corrected chi connectivity index (χ4v) is 8.35. The number of aryl methyl sites for hydroxylation is 6. The van der Waals surface area contributed by atoms with Gasteiger partial charge >= 0.3 is 17.9 Å². The largest absolute Gasteiger partial charge is 0.461 e. The Kier molecular flexibility index (Phi) is 16.1. The summed E-state index contributed by atoms with van der Waals surface area (Å²) in [7, 11) is -4.11. The molecule has 9 nitrogen and oxygen atoms in total. The van der Waals surface area contributed by atoms with Crippen LogP contribution >= 0.6 is 7.14 Å². The van der Waals surface area contributed by atoms with E-state index >= 15 is 0 Å². The molecule has 288 valence electrons. The van der Waals surface area contributed by atoms with Crippen LogP contribution in [0.1, 0.15) is 88.2 Å². The maximum Gasteiger partial charge on any atom is 0.333 e. The fourth-order valence-electron chi connectivity index (χ4n) is 5.77. The Morgan fingerprint density at radius 1 is 0.574 bits per heavy atom. The molecule has 0 aliphatic carbocycles. The van der Waals surface area contributed by atoms with E-state index in [1.807, 2.05) is 72.7 Å². The molecular weight excluding hydrogens is 703 g/mol. The molecule has 10 heteroatoms. The summed E-state index contributed by atoms with van der Waals surface area (Å²) in [4.78, 5) is 62.6. The van der Waals surface area contributed by atoms with Crippen LogP contribution in [0.2, 0.25) is 0 Å². The molecule has 0 spiro atoms. The second kappa shape index (κ2) is 19.3. The number of ether oxygens (including phenoxy) is 3. The van der Waals surface area contributed by atoms with Crippen LogP contribution in [-0.4, -0.2) is 48.8 Å². The molecule has 0 bridgehead atoms. The molecule has 0 N–H and O–H groups in total. The third-order valence-corrected chi connectivity index (χ3v) is 11.4. The molecule has 0 radical (unpaired) electrons. The van der Waals surface area contributed by atoms with Gasteiger partial charge in [0.2, 0.25) is 18.2 Å². The number of rotatable bonds is 15. The Balaban J connectivity index is 0.000000385. The van der Waals surface area contributed by atoms with Crippen LogP contribution in [0.5, 0.6) is 0 Å². The summed E-state index contributed by atoms with van der Waals surface area (Å²) in [6.45, 7) is 27.9. The predicted octanol–water partition coefficient (Wildman–Crippen LogP) is 8.95. The molecule has 0 atom stereocenters. The molecule has 0 unspecified atom stereocenters. The minimum Gasteiger partial charge on any atom is -0.461 e. The first kappa shape index (κ1) is 45.0. The van der Waals surface area contributed by atoms with E-state index in [9.17, 15) is 28.5 Å². The summed E-state index contributed by atoms with van der Waals surface area (Å²) in [5.74, 6) is -1.69. The lowest BCUT2D eigenvalue weighted by Gasteiger charge is -2.31. The molecule has 3 rings (SSSR count). The van der Waals surface area contributed by atoms with Crippen molar-refractivity contribution in [3.8, 4) is 0 Å². The molecule has 0 aliphatic heterocycles. The monoisotopic (exact) mass is 756 g/mol. The van der Waals surface area contributed by atoms with Gasteiger partial charge in [0, 0.05) is 33.2 Å².